The van der Waals surface area contributed by atoms with Crippen molar-refractivity contribution < 1.29 is 18.4 Å². The first kappa shape index (κ1) is 13.4. The lowest BCUT2D eigenvalue weighted by atomic mass is 10.1. The van der Waals surface area contributed by atoms with Crippen molar-refractivity contribution in [1.82, 2.24) is 0 Å². The molecule has 1 aliphatic heterocycles. The molecule has 3 rings (SSSR count). The Bertz CT molecular complexity index is 771. The van der Waals surface area contributed by atoms with E-state index in [0.29, 0.717) is 5.56 Å². The Labute approximate surface area is 119 Å². The van der Waals surface area contributed by atoms with Gasteiger partial charge in [0, 0.05) is 5.56 Å². The minimum Gasteiger partial charge on any atom is -0.297 e. The fourth-order valence-electron chi connectivity index (χ4n) is 2.47. The standard InChI is InChI=1S/C16H11F2NO2/c1-9-6-11-14(13(18)7-9)19(16(21)15(11)20)8-10-4-2-3-5-12(10)17/h2-7H,8H2,1H3. The van der Waals surface area contributed by atoms with Gasteiger partial charge in [-0.1, -0.05) is 18.2 Å². The lowest BCUT2D eigenvalue weighted by molar-refractivity contribution is -0.114. The van der Waals surface area contributed by atoms with Crippen molar-refractivity contribution in [2.24, 2.45) is 0 Å². The normalized spacial score (nSPS) is 13.8. The average Bonchev–Trinajstić information content (AvgIpc) is 2.67. The maximum Gasteiger partial charge on any atom is 0.299 e. The van der Waals surface area contributed by atoms with Crippen LogP contribution in [0.15, 0.2) is 36.4 Å². The summed E-state index contributed by atoms with van der Waals surface area (Å²) in [6, 6.07) is 8.61. The molecule has 1 heterocycles. The second-order valence-electron chi connectivity index (χ2n) is 4.95. The number of nitrogens with zero attached hydrogens (tertiary/aromatic N) is 1. The Hall–Kier alpha value is -2.56. The van der Waals surface area contributed by atoms with Crippen molar-refractivity contribution in [2.45, 2.75) is 13.5 Å². The quantitative estimate of drug-likeness (QED) is 0.796. The topological polar surface area (TPSA) is 37.4 Å². The van der Waals surface area contributed by atoms with Crippen molar-refractivity contribution >= 4 is 17.4 Å². The van der Waals surface area contributed by atoms with E-state index in [1.54, 1.807) is 13.0 Å². The van der Waals surface area contributed by atoms with Crippen LogP contribution in [0.5, 0.6) is 0 Å². The average molecular weight is 287 g/mol. The Morgan fingerprint density at radius 3 is 2.48 bits per heavy atom. The Balaban J connectivity index is 2.08. The van der Waals surface area contributed by atoms with Crippen LogP contribution in [0.25, 0.3) is 0 Å². The summed E-state index contributed by atoms with van der Waals surface area (Å²) in [6.07, 6.45) is 0. The molecule has 0 unspecified atom stereocenters. The van der Waals surface area contributed by atoms with Crippen LogP contribution in [0, 0.1) is 18.6 Å². The number of fused-ring (bicyclic) bond motifs is 1. The van der Waals surface area contributed by atoms with Crippen molar-refractivity contribution in [3.63, 3.8) is 0 Å². The van der Waals surface area contributed by atoms with Gasteiger partial charge in [-0.05, 0) is 30.7 Å². The first-order valence-corrected chi connectivity index (χ1v) is 6.39. The molecule has 0 radical (unpaired) electrons. The molecule has 0 aromatic heterocycles. The maximum atomic E-state index is 14.1. The van der Waals surface area contributed by atoms with Gasteiger partial charge >= 0.3 is 0 Å². The molecule has 0 N–H and O–H groups in total. The minimum atomic E-state index is -0.835. The zero-order chi connectivity index (χ0) is 15.1. The molecule has 1 aliphatic rings. The van der Waals surface area contributed by atoms with E-state index in [4.69, 9.17) is 0 Å². The van der Waals surface area contributed by atoms with E-state index in [0.717, 1.165) is 4.90 Å². The number of halogens is 2. The number of aryl methyl sites for hydroxylation is 1. The number of hydrogen-bond acceptors (Lipinski definition) is 2. The summed E-state index contributed by atoms with van der Waals surface area (Å²) < 4.78 is 27.8. The van der Waals surface area contributed by atoms with E-state index < -0.39 is 23.3 Å². The Morgan fingerprint density at radius 1 is 1.05 bits per heavy atom. The van der Waals surface area contributed by atoms with Crippen molar-refractivity contribution in [2.75, 3.05) is 4.90 Å². The van der Waals surface area contributed by atoms with Crippen LogP contribution >= 0.6 is 0 Å². The molecular weight excluding hydrogens is 276 g/mol. The minimum absolute atomic E-state index is 0.0360. The lowest BCUT2D eigenvalue weighted by Crippen LogP contribution is -2.30. The number of ketones is 1. The predicted molar refractivity (Wildman–Crippen MR) is 73.1 cm³/mol. The van der Waals surface area contributed by atoms with Crippen molar-refractivity contribution in [3.8, 4) is 0 Å². The van der Waals surface area contributed by atoms with E-state index in [-0.39, 0.29) is 23.4 Å². The number of amides is 1. The zero-order valence-electron chi connectivity index (χ0n) is 11.2. The van der Waals surface area contributed by atoms with Crippen LogP contribution in [0.1, 0.15) is 21.5 Å². The van der Waals surface area contributed by atoms with Gasteiger partial charge in [-0.3, -0.25) is 14.5 Å². The number of benzene rings is 2. The second kappa shape index (κ2) is 4.77. The van der Waals surface area contributed by atoms with Crippen LogP contribution < -0.4 is 4.90 Å². The van der Waals surface area contributed by atoms with Crippen LogP contribution in [0.2, 0.25) is 0 Å². The summed E-state index contributed by atoms with van der Waals surface area (Å²) in [7, 11) is 0. The molecular formula is C16H11F2NO2. The van der Waals surface area contributed by atoms with E-state index in [1.165, 1.54) is 30.3 Å². The molecule has 0 bridgehead atoms. The smallest absolute Gasteiger partial charge is 0.297 e. The number of carbonyl (C=O) groups is 2. The molecule has 0 saturated heterocycles. The molecule has 3 nitrogen and oxygen atoms in total. The summed E-state index contributed by atoms with van der Waals surface area (Å²) >= 11 is 0. The van der Waals surface area contributed by atoms with Gasteiger partial charge in [0.25, 0.3) is 11.7 Å². The number of anilines is 1. The summed E-state index contributed by atoms with van der Waals surface area (Å²) in [5.41, 5.74) is 0.749. The van der Waals surface area contributed by atoms with E-state index in [2.05, 4.69) is 0 Å². The van der Waals surface area contributed by atoms with E-state index in [1.807, 2.05) is 0 Å². The number of rotatable bonds is 2. The lowest BCUT2D eigenvalue weighted by Gasteiger charge is -2.17. The van der Waals surface area contributed by atoms with Gasteiger partial charge < -0.3 is 0 Å². The molecule has 0 atom stereocenters. The third-order valence-corrected chi connectivity index (χ3v) is 3.45. The Kier molecular flexibility index (Phi) is 3.05. The molecule has 0 saturated carbocycles. The third kappa shape index (κ3) is 2.11. The molecule has 5 heteroatoms. The van der Waals surface area contributed by atoms with E-state index in [9.17, 15) is 18.4 Å². The molecule has 106 valence electrons. The number of hydrogen-bond donors (Lipinski definition) is 0. The first-order chi connectivity index (χ1) is 9.99. The van der Waals surface area contributed by atoms with Gasteiger partial charge in [0.2, 0.25) is 0 Å². The molecule has 0 fully saturated rings. The number of carbonyl (C=O) groups excluding carboxylic acids is 2. The largest absolute Gasteiger partial charge is 0.299 e. The molecule has 0 aliphatic carbocycles. The van der Waals surface area contributed by atoms with Crippen LogP contribution in [-0.2, 0) is 11.3 Å². The van der Waals surface area contributed by atoms with Gasteiger partial charge in [-0.15, -0.1) is 0 Å². The fraction of sp³-hybridized carbons (Fsp3) is 0.125. The van der Waals surface area contributed by atoms with Gasteiger partial charge in [0.05, 0.1) is 17.8 Å². The third-order valence-electron chi connectivity index (χ3n) is 3.45. The first-order valence-electron chi connectivity index (χ1n) is 6.39. The fourth-order valence-corrected chi connectivity index (χ4v) is 2.47. The number of Topliss-reactive ketones (excluding diaryl/α,β-unsaturated/α-hetero) is 1. The van der Waals surface area contributed by atoms with Crippen LogP contribution in [-0.4, -0.2) is 11.7 Å². The van der Waals surface area contributed by atoms with Crippen molar-refractivity contribution in [3.05, 3.63) is 64.7 Å². The van der Waals surface area contributed by atoms with Gasteiger partial charge in [0.15, 0.2) is 0 Å². The molecule has 2 aromatic rings. The van der Waals surface area contributed by atoms with Crippen LogP contribution in [0.4, 0.5) is 14.5 Å². The highest BCUT2D eigenvalue weighted by Crippen LogP contribution is 2.34. The van der Waals surface area contributed by atoms with Gasteiger partial charge in [-0.2, -0.15) is 0 Å². The summed E-state index contributed by atoms with van der Waals surface area (Å²) in [5.74, 6) is -2.75. The second-order valence-corrected chi connectivity index (χ2v) is 4.95. The molecule has 21 heavy (non-hydrogen) atoms. The maximum absolute atomic E-state index is 14.1. The molecule has 0 spiro atoms. The zero-order valence-corrected chi connectivity index (χ0v) is 11.2. The summed E-state index contributed by atoms with van der Waals surface area (Å²) in [6.45, 7) is 1.46. The van der Waals surface area contributed by atoms with Gasteiger partial charge in [0.1, 0.15) is 11.6 Å². The van der Waals surface area contributed by atoms with Crippen molar-refractivity contribution in [1.29, 1.82) is 0 Å². The predicted octanol–water partition coefficient (Wildman–Crippen LogP) is 3.00. The highest BCUT2D eigenvalue weighted by atomic mass is 19.1. The monoisotopic (exact) mass is 287 g/mol. The van der Waals surface area contributed by atoms with Crippen LogP contribution in [0.3, 0.4) is 0 Å². The van der Waals surface area contributed by atoms with E-state index >= 15 is 0 Å². The highest BCUT2D eigenvalue weighted by Gasteiger charge is 2.38. The summed E-state index contributed by atoms with van der Waals surface area (Å²) in [5, 5.41) is 0. The highest BCUT2D eigenvalue weighted by molar-refractivity contribution is 6.52. The SMILES string of the molecule is Cc1cc(F)c2c(c1)C(=O)C(=O)N2Cc1ccccc1F. The van der Waals surface area contributed by atoms with Gasteiger partial charge in [-0.25, -0.2) is 8.78 Å². The molecule has 1 amide bonds. The molecule has 2 aromatic carbocycles. The summed E-state index contributed by atoms with van der Waals surface area (Å²) in [4.78, 5) is 25.0. The Morgan fingerprint density at radius 2 is 1.76 bits per heavy atom.